The van der Waals surface area contributed by atoms with Gasteiger partial charge in [-0.3, -0.25) is 4.79 Å². The van der Waals surface area contributed by atoms with E-state index in [0.29, 0.717) is 6.42 Å². The van der Waals surface area contributed by atoms with Crippen LogP contribution in [0.1, 0.15) is 13.3 Å². The van der Waals surface area contributed by atoms with E-state index in [1.807, 2.05) is 6.92 Å². The third-order valence-electron chi connectivity index (χ3n) is 0.893. The maximum absolute atomic E-state index is 9.43. The smallest absolute Gasteiger partial charge is 0.209 e. The Hall–Kier alpha value is -0.610. The lowest BCUT2D eigenvalue weighted by Crippen LogP contribution is -2.08. The van der Waals surface area contributed by atoms with Gasteiger partial charge in [0.25, 0.3) is 0 Å². The van der Waals surface area contributed by atoms with E-state index in [9.17, 15) is 4.79 Å². The van der Waals surface area contributed by atoms with E-state index >= 15 is 0 Å². The van der Waals surface area contributed by atoms with E-state index in [0.717, 1.165) is 6.41 Å². The van der Waals surface area contributed by atoms with Gasteiger partial charge in [-0.05, 0) is 6.42 Å². The van der Waals surface area contributed by atoms with Crippen molar-refractivity contribution in [1.29, 1.82) is 0 Å². The molecule has 0 aromatic carbocycles. The monoisotopic (exact) mass is 163 g/mol. The predicted molar refractivity (Wildman–Crippen MR) is 43.1 cm³/mol. The third-order valence-corrected chi connectivity index (χ3v) is 0.893. The van der Waals surface area contributed by atoms with E-state index in [-0.39, 0.29) is 6.61 Å². The summed E-state index contributed by atoms with van der Waals surface area (Å²) in [6, 6.07) is 0. The third kappa shape index (κ3) is 17.7. The summed E-state index contributed by atoms with van der Waals surface area (Å²) in [6.07, 6.45) is 0.876. The van der Waals surface area contributed by atoms with Crippen molar-refractivity contribution < 1.29 is 15.0 Å². The lowest BCUT2D eigenvalue weighted by molar-refractivity contribution is -0.115. The first-order valence-corrected chi connectivity index (χ1v) is 3.49. The van der Waals surface area contributed by atoms with Gasteiger partial charge in [0.1, 0.15) is 0 Å². The van der Waals surface area contributed by atoms with Gasteiger partial charge >= 0.3 is 0 Å². The lowest BCUT2D eigenvalue weighted by atomic mass is 10.3. The summed E-state index contributed by atoms with van der Waals surface area (Å²) in [4.78, 5) is 10.9. The number of carbonyl (C=O) groups excluding carboxylic acids is 1. The van der Waals surface area contributed by atoms with Crippen molar-refractivity contribution in [2.24, 2.45) is 0 Å². The molecule has 4 nitrogen and oxygen atoms in total. The van der Waals surface area contributed by atoms with Crippen LogP contribution in [0.2, 0.25) is 0 Å². The summed E-state index contributed by atoms with van der Waals surface area (Å²) < 4.78 is 0. The van der Waals surface area contributed by atoms with Crippen LogP contribution in [0.5, 0.6) is 0 Å². The van der Waals surface area contributed by atoms with Crippen molar-refractivity contribution in [3.63, 3.8) is 0 Å². The molecule has 1 amide bonds. The Kier molecular flexibility index (Phi) is 11.1. The second-order valence-corrected chi connectivity index (χ2v) is 2.31. The van der Waals surface area contributed by atoms with Gasteiger partial charge < -0.3 is 15.1 Å². The summed E-state index contributed by atoms with van der Waals surface area (Å²) in [5, 5.41) is 16.5. The minimum Gasteiger partial charge on any atom is -0.394 e. The predicted octanol–water partition coefficient (Wildman–Crippen LogP) is -0.546. The topological polar surface area (TPSA) is 60.8 Å². The van der Waals surface area contributed by atoms with Crippen molar-refractivity contribution in [2.45, 2.75) is 19.4 Å². The van der Waals surface area contributed by atoms with Gasteiger partial charge in [0.05, 0.1) is 12.7 Å². The molecule has 0 aliphatic rings. The minimum atomic E-state index is -0.509. The van der Waals surface area contributed by atoms with Crippen LogP contribution in [0.25, 0.3) is 0 Å². The molecule has 0 heterocycles. The van der Waals surface area contributed by atoms with Crippen LogP contribution in [0.4, 0.5) is 0 Å². The summed E-state index contributed by atoms with van der Waals surface area (Å²) in [5.74, 6) is 0. The minimum absolute atomic E-state index is 0.115. The molecule has 4 heteroatoms. The largest absolute Gasteiger partial charge is 0.394 e. The second-order valence-electron chi connectivity index (χ2n) is 2.31. The Morgan fingerprint density at radius 2 is 1.91 bits per heavy atom. The van der Waals surface area contributed by atoms with Crippen LogP contribution < -0.4 is 0 Å². The molecule has 0 spiro atoms. The molecular formula is C7H17NO3. The molecule has 0 aromatic rings. The second kappa shape index (κ2) is 9.39. The molecular weight excluding hydrogens is 146 g/mol. The molecule has 1 atom stereocenters. The number of nitrogens with zero attached hydrogens (tertiary/aromatic N) is 1. The first-order chi connectivity index (χ1) is 5.08. The molecule has 0 radical (unpaired) electrons. The van der Waals surface area contributed by atoms with Gasteiger partial charge in [-0.15, -0.1) is 0 Å². The van der Waals surface area contributed by atoms with Crippen molar-refractivity contribution in [3.8, 4) is 0 Å². The molecule has 1 unspecified atom stereocenters. The fraction of sp³-hybridized carbons (Fsp3) is 0.857. The maximum Gasteiger partial charge on any atom is 0.209 e. The summed E-state index contributed by atoms with van der Waals surface area (Å²) in [5.41, 5.74) is 0. The molecule has 0 fully saturated rings. The molecule has 68 valence electrons. The lowest BCUT2D eigenvalue weighted by Gasteiger charge is -1.97. The number of amides is 1. The Labute approximate surface area is 67.4 Å². The van der Waals surface area contributed by atoms with E-state index < -0.39 is 6.10 Å². The normalized spacial score (nSPS) is 11.0. The zero-order valence-corrected chi connectivity index (χ0v) is 7.32. The molecule has 0 aromatic heterocycles. The molecule has 0 aliphatic carbocycles. The van der Waals surface area contributed by atoms with Crippen LogP contribution in [-0.4, -0.2) is 48.3 Å². The van der Waals surface area contributed by atoms with Crippen molar-refractivity contribution in [3.05, 3.63) is 0 Å². The average Bonchev–Trinajstić information content (AvgIpc) is 2.04. The van der Waals surface area contributed by atoms with Gasteiger partial charge in [-0.1, -0.05) is 6.92 Å². The maximum atomic E-state index is 9.43. The number of hydrogen-bond donors (Lipinski definition) is 2. The van der Waals surface area contributed by atoms with Crippen LogP contribution in [0, 0.1) is 0 Å². The number of aliphatic hydroxyl groups is 2. The van der Waals surface area contributed by atoms with Gasteiger partial charge in [-0.2, -0.15) is 0 Å². The van der Waals surface area contributed by atoms with Gasteiger partial charge in [0.15, 0.2) is 0 Å². The first kappa shape index (κ1) is 13.0. The Morgan fingerprint density at radius 1 is 1.55 bits per heavy atom. The fourth-order valence-corrected chi connectivity index (χ4v) is 0.129. The molecule has 0 saturated carbocycles. The van der Waals surface area contributed by atoms with Gasteiger partial charge in [-0.25, -0.2) is 0 Å². The Bertz CT molecular complexity index is 81.8. The number of aliphatic hydroxyl groups excluding tert-OH is 2. The van der Waals surface area contributed by atoms with E-state index in [1.54, 1.807) is 14.1 Å². The summed E-state index contributed by atoms with van der Waals surface area (Å²) in [7, 11) is 3.38. The fourth-order valence-electron chi connectivity index (χ4n) is 0.129. The highest BCUT2D eigenvalue weighted by molar-refractivity contribution is 5.45. The molecule has 2 N–H and O–H groups in total. The quantitative estimate of drug-likeness (QED) is 0.549. The SMILES string of the molecule is CCC(O)CO.CN(C)C=O. The van der Waals surface area contributed by atoms with Crippen LogP contribution >= 0.6 is 0 Å². The van der Waals surface area contributed by atoms with Crippen LogP contribution in [0.15, 0.2) is 0 Å². The Morgan fingerprint density at radius 3 is 1.91 bits per heavy atom. The van der Waals surface area contributed by atoms with E-state index in [1.165, 1.54) is 4.90 Å². The molecule has 0 saturated heterocycles. The van der Waals surface area contributed by atoms with Crippen LogP contribution in [0.3, 0.4) is 0 Å². The van der Waals surface area contributed by atoms with Gasteiger partial charge in [0.2, 0.25) is 6.41 Å². The zero-order valence-electron chi connectivity index (χ0n) is 7.32. The highest BCUT2D eigenvalue weighted by Gasteiger charge is 1.92. The number of carbonyl (C=O) groups is 1. The van der Waals surface area contributed by atoms with Crippen LogP contribution in [-0.2, 0) is 4.79 Å². The highest BCUT2D eigenvalue weighted by atomic mass is 16.3. The number of rotatable bonds is 3. The molecule has 0 bridgehead atoms. The molecule has 11 heavy (non-hydrogen) atoms. The summed E-state index contributed by atoms with van der Waals surface area (Å²) in [6.45, 7) is 1.71. The highest BCUT2D eigenvalue weighted by Crippen LogP contribution is 1.83. The number of hydrogen-bond acceptors (Lipinski definition) is 3. The van der Waals surface area contributed by atoms with Crippen molar-refractivity contribution >= 4 is 6.41 Å². The molecule has 0 rings (SSSR count). The Balaban J connectivity index is 0. The summed E-state index contributed by atoms with van der Waals surface area (Å²) >= 11 is 0. The average molecular weight is 163 g/mol. The standard InChI is InChI=1S/C4H10O2.C3H7NO/c1-2-4(6)3-5;1-4(2)3-5/h4-6H,2-3H2,1H3;3H,1-2H3. The van der Waals surface area contributed by atoms with Crippen molar-refractivity contribution in [2.75, 3.05) is 20.7 Å². The zero-order chi connectivity index (χ0) is 9.28. The van der Waals surface area contributed by atoms with Crippen molar-refractivity contribution in [1.82, 2.24) is 4.90 Å². The molecule has 0 aliphatic heterocycles. The van der Waals surface area contributed by atoms with E-state index in [4.69, 9.17) is 10.2 Å². The van der Waals surface area contributed by atoms with Gasteiger partial charge in [0, 0.05) is 14.1 Å². The first-order valence-electron chi connectivity index (χ1n) is 3.49. The van der Waals surface area contributed by atoms with E-state index in [2.05, 4.69) is 0 Å².